The van der Waals surface area contributed by atoms with Crippen LogP contribution in [0.5, 0.6) is 0 Å². The summed E-state index contributed by atoms with van der Waals surface area (Å²) in [6.07, 6.45) is 5.88. The molecule has 0 aromatic carbocycles. The monoisotopic (exact) mass is 256 g/mol. The first kappa shape index (κ1) is 14.3. The molecule has 0 bridgehead atoms. The molecule has 2 rings (SSSR count). The minimum Gasteiger partial charge on any atom is -0.394 e. The Morgan fingerprint density at radius 1 is 1.44 bits per heavy atom. The van der Waals surface area contributed by atoms with Crippen LogP contribution < -0.4 is 5.73 Å². The lowest BCUT2D eigenvalue weighted by Crippen LogP contribution is -2.48. The first-order chi connectivity index (χ1) is 8.57. The maximum Gasteiger partial charge on any atom is 0.0702 e. The third-order valence-corrected chi connectivity index (χ3v) is 5.03. The van der Waals surface area contributed by atoms with Crippen molar-refractivity contribution in [3.05, 3.63) is 0 Å². The maximum atomic E-state index is 9.46. The van der Waals surface area contributed by atoms with E-state index in [-0.39, 0.29) is 12.1 Å². The van der Waals surface area contributed by atoms with Gasteiger partial charge in [-0.05, 0) is 52.1 Å². The Bertz CT molecular complexity index is 275. The fourth-order valence-electron chi connectivity index (χ4n) is 3.63. The third kappa shape index (κ3) is 2.87. The lowest BCUT2D eigenvalue weighted by atomic mass is 9.86. The molecule has 1 aliphatic heterocycles. The summed E-state index contributed by atoms with van der Waals surface area (Å²) in [6, 6.07) is 0.549. The van der Waals surface area contributed by atoms with Gasteiger partial charge in [0.25, 0.3) is 0 Å². The Hall–Kier alpha value is -0.160. The molecule has 4 heteroatoms. The summed E-state index contributed by atoms with van der Waals surface area (Å²) in [5.41, 5.74) is 5.96. The quantitative estimate of drug-likeness (QED) is 0.770. The van der Waals surface area contributed by atoms with Gasteiger partial charge >= 0.3 is 0 Å². The van der Waals surface area contributed by atoms with Crippen molar-refractivity contribution in [1.29, 1.82) is 0 Å². The van der Waals surface area contributed by atoms with E-state index >= 15 is 0 Å². The first-order valence-corrected chi connectivity index (χ1v) is 7.28. The fraction of sp³-hybridized carbons (Fsp3) is 1.00. The molecular weight excluding hydrogens is 228 g/mol. The molecule has 0 aromatic heterocycles. The van der Waals surface area contributed by atoms with Crippen LogP contribution in [0.2, 0.25) is 0 Å². The standard InChI is InChI=1S/C14H28N2O2/c1-11-13(6-9-18-11)16(2)8-5-12-4-3-7-14(12,15)10-17/h11-13,17H,3-10,15H2,1-2H3. The first-order valence-electron chi connectivity index (χ1n) is 7.28. The van der Waals surface area contributed by atoms with Crippen molar-refractivity contribution >= 4 is 0 Å². The van der Waals surface area contributed by atoms with Gasteiger partial charge in [-0.25, -0.2) is 0 Å². The second-order valence-corrected chi connectivity index (χ2v) is 6.18. The van der Waals surface area contributed by atoms with Crippen molar-refractivity contribution in [1.82, 2.24) is 4.90 Å². The number of ether oxygens (including phenoxy) is 1. The molecule has 4 nitrogen and oxygen atoms in total. The molecule has 0 radical (unpaired) electrons. The van der Waals surface area contributed by atoms with Crippen molar-refractivity contribution < 1.29 is 9.84 Å². The van der Waals surface area contributed by atoms with Gasteiger partial charge in [0.15, 0.2) is 0 Å². The summed E-state index contributed by atoms with van der Waals surface area (Å²) in [6.45, 7) is 4.23. The molecule has 4 atom stereocenters. The van der Waals surface area contributed by atoms with Crippen molar-refractivity contribution in [3.8, 4) is 0 Å². The van der Waals surface area contributed by atoms with E-state index in [4.69, 9.17) is 10.5 Å². The smallest absolute Gasteiger partial charge is 0.0702 e. The van der Waals surface area contributed by atoms with Crippen LogP contribution in [0.4, 0.5) is 0 Å². The highest BCUT2D eigenvalue weighted by atomic mass is 16.5. The van der Waals surface area contributed by atoms with Gasteiger partial charge in [-0.2, -0.15) is 0 Å². The van der Waals surface area contributed by atoms with E-state index in [0.717, 1.165) is 38.8 Å². The van der Waals surface area contributed by atoms with Gasteiger partial charge in [-0.15, -0.1) is 0 Å². The van der Waals surface area contributed by atoms with E-state index in [1.807, 2.05) is 0 Å². The SMILES string of the molecule is CC1OCCC1N(C)CCC1CCCC1(N)CO. The highest BCUT2D eigenvalue weighted by Crippen LogP contribution is 2.36. The molecule has 1 aliphatic carbocycles. The zero-order valence-electron chi connectivity index (χ0n) is 11.8. The maximum absolute atomic E-state index is 9.46. The Morgan fingerprint density at radius 2 is 2.22 bits per heavy atom. The van der Waals surface area contributed by atoms with E-state index in [1.165, 1.54) is 6.42 Å². The van der Waals surface area contributed by atoms with Crippen molar-refractivity contribution in [2.24, 2.45) is 11.7 Å². The second kappa shape index (κ2) is 5.87. The van der Waals surface area contributed by atoms with Gasteiger partial charge in [0.2, 0.25) is 0 Å². The fourth-order valence-corrected chi connectivity index (χ4v) is 3.63. The number of aliphatic hydroxyl groups excluding tert-OH is 1. The minimum atomic E-state index is -0.321. The Labute approximate surface area is 110 Å². The molecule has 2 aliphatic rings. The van der Waals surface area contributed by atoms with Crippen LogP contribution in [0.15, 0.2) is 0 Å². The summed E-state index contributed by atoms with van der Waals surface area (Å²) in [4.78, 5) is 2.41. The number of nitrogens with zero attached hydrogens (tertiary/aromatic N) is 1. The van der Waals surface area contributed by atoms with Crippen LogP contribution in [-0.2, 0) is 4.74 Å². The van der Waals surface area contributed by atoms with Crippen LogP contribution >= 0.6 is 0 Å². The lowest BCUT2D eigenvalue weighted by molar-refractivity contribution is 0.0782. The summed E-state index contributed by atoms with van der Waals surface area (Å²) in [7, 11) is 2.18. The minimum absolute atomic E-state index is 0.129. The molecular formula is C14H28N2O2. The predicted octanol–water partition coefficient (Wildman–Crippen LogP) is 0.976. The van der Waals surface area contributed by atoms with Crippen LogP contribution in [-0.4, -0.2) is 54.5 Å². The molecule has 4 unspecified atom stereocenters. The average molecular weight is 256 g/mol. The summed E-state index contributed by atoms with van der Waals surface area (Å²) in [5.74, 6) is 0.475. The van der Waals surface area contributed by atoms with E-state index in [2.05, 4.69) is 18.9 Å². The third-order valence-electron chi connectivity index (χ3n) is 5.03. The summed E-state index contributed by atoms with van der Waals surface area (Å²) >= 11 is 0. The van der Waals surface area contributed by atoms with Gasteiger partial charge in [0, 0.05) is 18.2 Å². The lowest BCUT2D eigenvalue weighted by Gasteiger charge is -2.32. The molecule has 1 heterocycles. The van der Waals surface area contributed by atoms with Crippen molar-refractivity contribution in [2.45, 2.75) is 56.7 Å². The molecule has 18 heavy (non-hydrogen) atoms. The van der Waals surface area contributed by atoms with Gasteiger partial charge in [0.05, 0.1) is 12.7 Å². The van der Waals surface area contributed by atoms with Crippen LogP contribution in [0, 0.1) is 5.92 Å². The molecule has 1 saturated heterocycles. The number of nitrogens with two attached hydrogens (primary N) is 1. The zero-order chi connectivity index (χ0) is 13.2. The van der Waals surface area contributed by atoms with Crippen LogP contribution in [0.3, 0.4) is 0 Å². The molecule has 0 spiro atoms. The number of hydrogen-bond acceptors (Lipinski definition) is 4. The number of aliphatic hydroxyl groups is 1. The Kier molecular flexibility index (Phi) is 4.64. The Morgan fingerprint density at radius 3 is 2.83 bits per heavy atom. The summed E-state index contributed by atoms with van der Waals surface area (Å²) < 4.78 is 5.61. The highest BCUT2D eigenvalue weighted by Gasteiger charge is 2.39. The van der Waals surface area contributed by atoms with Crippen LogP contribution in [0.1, 0.15) is 39.0 Å². The normalized spacial score (nSPS) is 40.8. The molecule has 106 valence electrons. The van der Waals surface area contributed by atoms with E-state index < -0.39 is 0 Å². The number of hydrogen-bond donors (Lipinski definition) is 2. The van der Waals surface area contributed by atoms with Gasteiger partial charge < -0.3 is 20.5 Å². The topological polar surface area (TPSA) is 58.7 Å². The molecule has 1 saturated carbocycles. The van der Waals surface area contributed by atoms with E-state index in [9.17, 15) is 5.11 Å². The number of likely N-dealkylation sites (N-methyl/N-ethyl adjacent to an activating group) is 1. The largest absolute Gasteiger partial charge is 0.394 e. The zero-order valence-corrected chi connectivity index (χ0v) is 11.8. The van der Waals surface area contributed by atoms with Gasteiger partial charge in [0.1, 0.15) is 0 Å². The molecule has 3 N–H and O–H groups in total. The average Bonchev–Trinajstić information content (AvgIpc) is 2.93. The summed E-state index contributed by atoms with van der Waals surface area (Å²) in [5, 5.41) is 9.46. The highest BCUT2D eigenvalue weighted by molar-refractivity contribution is 4.96. The molecule has 2 fully saturated rings. The molecule has 0 amide bonds. The van der Waals surface area contributed by atoms with Gasteiger partial charge in [-0.3, -0.25) is 0 Å². The van der Waals surface area contributed by atoms with Crippen LogP contribution in [0.25, 0.3) is 0 Å². The predicted molar refractivity (Wildman–Crippen MR) is 72.4 cm³/mol. The van der Waals surface area contributed by atoms with E-state index in [1.54, 1.807) is 0 Å². The molecule has 0 aromatic rings. The van der Waals surface area contributed by atoms with Crippen molar-refractivity contribution in [3.63, 3.8) is 0 Å². The second-order valence-electron chi connectivity index (χ2n) is 6.18. The number of rotatable bonds is 5. The Balaban J connectivity index is 1.80. The van der Waals surface area contributed by atoms with Crippen molar-refractivity contribution in [2.75, 3.05) is 26.8 Å². The van der Waals surface area contributed by atoms with Gasteiger partial charge in [-0.1, -0.05) is 6.42 Å². The van der Waals surface area contributed by atoms with E-state index in [0.29, 0.717) is 18.1 Å².